The Balaban J connectivity index is 1.85. The molecular weight excluding hydrogens is 186 g/mol. The summed E-state index contributed by atoms with van der Waals surface area (Å²) in [6.07, 6.45) is 2.55. The minimum atomic E-state index is 0.264. The highest BCUT2D eigenvalue weighted by molar-refractivity contribution is 5.47. The van der Waals surface area contributed by atoms with E-state index >= 15 is 0 Å². The molecular formula is C12H15N3. The lowest BCUT2D eigenvalue weighted by Crippen LogP contribution is -2.30. The van der Waals surface area contributed by atoms with Crippen molar-refractivity contribution in [3.8, 4) is 6.07 Å². The van der Waals surface area contributed by atoms with Crippen molar-refractivity contribution < 1.29 is 0 Å². The summed E-state index contributed by atoms with van der Waals surface area (Å²) in [5, 5.41) is 11.9. The molecule has 1 fully saturated rings. The average Bonchev–Trinajstić information content (AvgIpc) is 3.10. The van der Waals surface area contributed by atoms with Crippen molar-refractivity contribution in [2.45, 2.75) is 18.9 Å². The second-order valence-corrected chi connectivity index (χ2v) is 4.07. The maximum absolute atomic E-state index is 8.64. The van der Waals surface area contributed by atoms with E-state index < -0.39 is 0 Å². The third-order valence-corrected chi connectivity index (χ3v) is 2.78. The number of nitrogens with one attached hydrogen (secondary N) is 1. The summed E-state index contributed by atoms with van der Waals surface area (Å²) in [4.78, 5) is 0. The Kier molecular flexibility index (Phi) is 2.89. The lowest BCUT2D eigenvalue weighted by molar-refractivity contribution is 0.621. The summed E-state index contributed by atoms with van der Waals surface area (Å²) in [5.41, 5.74) is 7.69. The van der Waals surface area contributed by atoms with E-state index in [4.69, 9.17) is 11.0 Å². The quantitative estimate of drug-likeness (QED) is 0.779. The van der Waals surface area contributed by atoms with Gasteiger partial charge in [0, 0.05) is 18.3 Å². The number of hydrogen-bond acceptors (Lipinski definition) is 3. The molecule has 0 bridgehead atoms. The first kappa shape index (κ1) is 10.0. The molecule has 1 aromatic carbocycles. The Morgan fingerprint density at radius 1 is 1.40 bits per heavy atom. The van der Waals surface area contributed by atoms with Gasteiger partial charge in [0.25, 0.3) is 0 Å². The number of benzene rings is 1. The first-order chi connectivity index (χ1) is 7.29. The van der Waals surface area contributed by atoms with Crippen LogP contribution in [0.5, 0.6) is 0 Å². The number of nitriles is 1. The van der Waals surface area contributed by atoms with Gasteiger partial charge >= 0.3 is 0 Å². The smallest absolute Gasteiger partial charge is 0.0991 e. The molecule has 3 heteroatoms. The molecule has 1 aromatic rings. The van der Waals surface area contributed by atoms with Gasteiger partial charge in [0.05, 0.1) is 11.6 Å². The van der Waals surface area contributed by atoms with Gasteiger partial charge in [0.2, 0.25) is 0 Å². The minimum absolute atomic E-state index is 0.264. The van der Waals surface area contributed by atoms with Crippen molar-refractivity contribution in [2.75, 3.05) is 11.9 Å². The zero-order chi connectivity index (χ0) is 10.7. The van der Waals surface area contributed by atoms with Crippen LogP contribution in [0.4, 0.5) is 5.69 Å². The van der Waals surface area contributed by atoms with E-state index in [1.165, 1.54) is 12.8 Å². The second kappa shape index (κ2) is 4.33. The molecule has 0 radical (unpaired) electrons. The average molecular weight is 201 g/mol. The van der Waals surface area contributed by atoms with Crippen LogP contribution >= 0.6 is 0 Å². The van der Waals surface area contributed by atoms with Gasteiger partial charge in [-0.2, -0.15) is 5.26 Å². The van der Waals surface area contributed by atoms with Crippen molar-refractivity contribution in [3.05, 3.63) is 29.8 Å². The molecule has 1 atom stereocenters. The predicted molar refractivity (Wildman–Crippen MR) is 60.3 cm³/mol. The monoisotopic (exact) mass is 201 g/mol. The maximum atomic E-state index is 8.64. The fourth-order valence-electron chi connectivity index (χ4n) is 1.59. The van der Waals surface area contributed by atoms with Crippen LogP contribution in [0.3, 0.4) is 0 Å². The molecule has 1 saturated carbocycles. The van der Waals surface area contributed by atoms with Crippen molar-refractivity contribution in [2.24, 2.45) is 11.7 Å². The van der Waals surface area contributed by atoms with Crippen molar-refractivity contribution >= 4 is 5.69 Å². The van der Waals surface area contributed by atoms with Gasteiger partial charge in [-0.05, 0) is 43.0 Å². The summed E-state index contributed by atoms with van der Waals surface area (Å²) in [7, 11) is 0. The molecule has 3 N–H and O–H groups in total. The molecule has 2 rings (SSSR count). The number of rotatable bonds is 4. The molecule has 78 valence electrons. The maximum Gasteiger partial charge on any atom is 0.0991 e. The van der Waals surface area contributed by atoms with E-state index in [0.29, 0.717) is 5.56 Å². The number of hydrogen-bond donors (Lipinski definition) is 2. The van der Waals surface area contributed by atoms with Crippen LogP contribution < -0.4 is 11.1 Å². The van der Waals surface area contributed by atoms with Crippen molar-refractivity contribution in [3.63, 3.8) is 0 Å². The molecule has 1 unspecified atom stereocenters. The molecule has 1 aliphatic rings. The molecule has 15 heavy (non-hydrogen) atoms. The lowest BCUT2D eigenvalue weighted by atomic mass is 10.2. The molecule has 3 nitrogen and oxygen atoms in total. The van der Waals surface area contributed by atoms with Crippen molar-refractivity contribution in [1.82, 2.24) is 0 Å². The zero-order valence-corrected chi connectivity index (χ0v) is 8.61. The van der Waals surface area contributed by atoms with E-state index in [9.17, 15) is 0 Å². The Hall–Kier alpha value is -1.53. The summed E-state index contributed by atoms with van der Waals surface area (Å²) in [6, 6.07) is 9.81. The molecule has 1 aliphatic carbocycles. The first-order valence-corrected chi connectivity index (χ1v) is 5.29. The van der Waals surface area contributed by atoms with Gasteiger partial charge in [-0.1, -0.05) is 0 Å². The third kappa shape index (κ3) is 2.71. The molecule has 0 amide bonds. The molecule has 0 heterocycles. The normalized spacial score (nSPS) is 16.8. The van der Waals surface area contributed by atoms with Gasteiger partial charge in [-0.25, -0.2) is 0 Å². The van der Waals surface area contributed by atoms with Gasteiger partial charge in [0.1, 0.15) is 0 Å². The van der Waals surface area contributed by atoms with Crippen LogP contribution in [-0.4, -0.2) is 12.6 Å². The molecule has 0 aromatic heterocycles. The van der Waals surface area contributed by atoms with Gasteiger partial charge < -0.3 is 11.1 Å². The van der Waals surface area contributed by atoms with Crippen LogP contribution in [0.1, 0.15) is 18.4 Å². The van der Waals surface area contributed by atoms with Crippen LogP contribution in [-0.2, 0) is 0 Å². The SMILES string of the molecule is N#Cc1ccc(NCC(N)C2CC2)cc1. The third-order valence-electron chi connectivity index (χ3n) is 2.78. The topological polar surface area (TPSA) is 61.8 Å². The van der Waals surface area contributed by atoms with E-state index in [1.807, 2.05) is 24.3 Å². The van der Waals surface area contributed by atoms with Crippen LogP contribution in [0.25, 0.3) is 0 Å². The summed E-state index contributed by atoms with van der Waals surface area (Å²) < 4.78 is 0. The highest BCUT2D eigenvalue weighted by Gasteiger charge is 2.27. The van der Waals surface area contributed by atoms with Gasteiger partial charge in [0.15, 0.2) is 0 Å². The summed E-state index contributed by atoms with van der Waals surface area (Å²) in [5.74, 6) is 0.718. The number of nitrogens with zero attached hydrogens (tertiary/aromatic N) is 1. The second-order valence-electron chi connectivity index (χ2n) is 4.07. The number of anilines is 1. The van der Waals surface area contributed by atoms with Crippen LogP contribution in [0.2, 0.25) is 0 Å². The minimum Gasteiger partial charge on any atom is -0.383 e. The zero-order valence-electron chi connectivity index (χ0n) is 8.61. The van der Waals surface area contributed by atoms with Gasteiger partial charge in [-0.15, -0.1) is 0 Å². The standard InChI is InChI=1S/C12H15N3/c13-7-9-1-5-11(6-2-9)15-8-12(14)10-3-4-10/h1-2,5-6,10,12,15H,3-4,8,14H2. The van der Waals surface area contributed by atoms with Gasteiger partial charge in [-0.3, -0.25) is 0 Å². The summed E-state index contributed by atoms with van der Waals surface area (Å²) >= 11 is 0. The van der Waals surface area contributed by atoms with E-state index in [2.05, 4.69) is 11.4 Å². The van der Waals surface area contributed by atoms with Crippen molar-refractivity contribution in [1.29, 1.82) is 5.26 Å². The molecule has 0 aliphatic heterocycles. The molecule has 0 saturated heterocycles. The Morgan fingerprint density at radius 3 is 2.60 bits per heavy atom. The van der Waals surface area contributed by atoms with E-state index in [0.717, 1.165) is 18.2 Å². The highest BCUT2D eigenvalue weighted by Crippen LogP contribution is 2.31. The Morgan fingerprint density at radius 2 is 2.07 bits per heavy atom. The largest absolute Gasteiger partial charge is 0.383 e. The first-order valence-electron chi connectivity index (χ1n) is 5.29. The fourth-order valence-corrected chi connectivity index (χ4v) is 1.59. The van der Waals surface area contributed by atoms with Crippen LogP contribution in [0.15, 0.2) is 24.3 Å². The fraction of sp³-hybridized carbons (Fsp3) is 0.417. The molecule has 0 spiro atoms. The Labute approximate surface area is 89.9 Å². The van der Waals surface area contributed by atoms with E-state index in [1.54, 1.807) is 0 Å². The van der Waals surface area contributed by atoms with E-state index in [-0.39, 0.29) is 6.04 Å². The summed E-state index contributed by atoms with van der Waals surface area (Å²) in [6.45, 7) is 0.816. The van der Waals surface area contributed by atoms with Crippen LogP contribution in [0, 0.1) is 17.2 Å². The lowest BCUT2D eigenvalue weighted by Gasteiger charge is -2.12. The predicted octanol–water partition coefficient (Wildman–Crippen LogP) is 1.71. The Bertz CT molecular complexity index is 359. The number of nitrogens with two attached hydrogens (primary N) is 1. The highest BCUT2D eigenvalue weighted by atomic mass is 14.9.